The Kier molecular flexibility index (Phi) is 8.03. The van der Waals surface area contributed by atoms with Gasteiger partial charge in [-0.2, -0.15) is 0 Å². The Bertz CT molecular complexity index is 2060. The summed E-state index contributed by atoms with van der Waals surface area (Å²) in [6, 6.07) is 18.8. The van der Waals surface area contributed by atoms with Crippen LogP contribution in [0.25, 0.3) is 16.7 Å². The number of rotatable bonds is 5. The van der Waals surface area contributed by atoms with Crippen molar-refractivity contribution < 1.29 is 35.9 Å². The molecule has 9 heteroatoms. The number of aliphatic imine (C=N–C) groups is 3. The van der Waals surface area contributed by atoms with Crippen molar-refractivity contribution in [2.45, 2.75) is 0 Å². The molecule has 0 unspecified atom stereocenters. The molecule has 0 saturated heterocycles. The molecule has 3 aromatic rings. The molecule has 4 aliphatic rings. The third-order valence-corrected chi connectivity index (χ3v) is 7.64. The Morgan fingerprint density at radius 1 is 0.667 bits per heavy atom. The average molecular weight is 635 g/mol. The molecular formula is C36H24N4NiO4. The fourth-order valence-electron chi connectivity index (χ4n) is 5.52. The predicted molar refractivity (Wildman–Crippen MR) is 169 cm³/mol. The molecular weight excluding hydrogens is 611 g/mol. The zero-order valence-electron chi connectivity index (χ0n) is 24.1. The van der Waals surface area contributed by atoms with Crippen LogP contribution in [-0.4, -0.2) is 37.6 Å². The van der Waals surface area contributed by atoms with Gasteiger partial charge >= 0.3 is 16.5 Å². The standard InChI is InChI=1S/C36H26N4O4.Ni/c1-43-23-7-3-5-21(17-23)35-31-13-9-27(37-31)25(19-41)29-11-15-33(39-29)36(22-6-4-8-24(18-22)44-2)34-16-12-30(40-34)26(20-42)28-10-14-32(35)38-28;/h3-20H,1-2H3,(H2,37,38,39,40,41,42);/q;+2/p-2. The first-order valence-corrected chi connectivity index (χ1v) is 13.8. The number of carbonyl (C=O) groups excluding carboxylic acids is 1. The molecule has 0 saturated carbocycles. The van der Waals surface area contributed by atoms with Crippen LogP contribution in [0.5, 0.6) is 11.5 Å². The Labute approximate surface area is 269 Å². The van der Waals surface area contributed by atoms with Crippen LogP contribution in [0.15, 0.2) is 141 Å². The van der Waals surface area contributed by atoms with Crippen LogP contribution in [0, 0.1) is 0 Å². The van der Waals surface area contributed by atoms with E-state index in [-0.39, 0.29) is 16.5 Å². The van der Waals surface area contributed by atoms with Crippen molar-refractivity contribution in [1.29, 1.82) is 0 Å². The number of aromatic nitrogens is 1. The quantitative estimate of drug-likeness (QED) is 0.222. The van der Waals surface area contributed by atoms with E-state index < -0.39 is 0 Å². The van der Waals surface area contributed by atoms with Gasteiger partial charge in [-0.3, -0.25) is 4.79 Å². The van der Waals surface area contributed by atoms with Gasteiger partial charge in [0, 0.05) is 5.57 Å². The van der Waals surface area contributed by atoms with E-state index in [9.17, 15) is 9.90 Å². The summed E-state index contributed by atoms with van der Waals surface area (Å²) in [6.45, 7) is 0. The number of fused-ring (bicyclic) bond motifs is 5. The molecule has 0 fully saturated rings. The minimum atomic E-state index is 0. The van der Waals surface area contributed by atoms with E-state index >= 15 is 0 Å². The molecule has 222 valence electrons. The van der Waals surface area contributed by atoms with E-state index in [4.69, 9.17) is 29.4 Å². The van der Waals surface area contributed by atoms with Crippen molar-refractivity contribution in [2.75, 3.05) is 14.2 Å². The maximum atomic E-state index is 12.5. The minimum Gasteiger partial charge on any atom is -0.877 e. The van der Waals surface area contributed by atoms with Crippen LogP contribution in [0.3, 0.4) is 0 Å². The van der Waals surface area contributed by atoms with E-state index in [1.165, 1.54) is 0 Å². The number of carbonyl (C=O) groups is 1. The predicted octanol–water partition coefficient (Wildman–Crippen LogP) is 5.03. The van der Waals surface area contributed by atoms with Crippen molar-refractivity contribution in [3.8, 4) is 11.5 Å². The fourth-order valence-corrected chi connectivity index (χ4v) is 5.52. The van der Waals surface area contributed by atoms with Crippen molar-refractivity contribution in [2.24, 2.45) is 15.0 Å². The Morgan fingerprint density at radius 2 is 1.22 bits per heavy atom. The molecule has 0 atom stereocenters. The van der Waals surface area contributed by atoms with Crippen LogP contribution in [-0.2, 0) is 21.3 Å². The SMILES string of the molecule is COc1cccc(C2=C3C=CC(=N3)/C(=C/[O-])c3ccc([n-]3)C(c3cccc(OC)c3)=C3C=CC(=N3)C(C=O)=C3C=CC2=N3)c1.[Ni+2]. The van der Waals surface area contributed by atoms with Gasteiger partial charge in [0.2, 0.25) is 0 Å². The molecule has 0 spiro atoms. The smallest absolute Gasteiger partial charge is 0.877 e. The molecule has 7 rings (SSSR count). The first-order valence-electron chi connectivity index (χ1n) is 13.8. The molecule has 0 amide bonds. The Morgan fingerprint density at radius 3 is 1.89 bits per heavy atom. The number of benzene rings is 2. The van der Waals surface area contributed by atoms with E-state index in [1.54, 1.807) is 38.5 Å². The summed E-state index contributed by atoms with van der Waals surface area (Å²) in [6.07, 6.45) is 12.5. The normalized spacial score (nSPS) is 17.5. The summed E-state index contributed by atoms with van der Waals surface area (Å²) >= 11 is 0. The van der Waals surface area contributed by atoms with Crippen molar-refractivity contribution in [3.63, 3.8) is 0 Å². The molecule has 0 N–H and O–H groups in total. The van der Waals surface area contributed by atoms with Gasteiger partial charge in [0.1, 0.15) is 11.5 Å². The molecule has 8 bridgehead atoms. The maximum Gasteiger partial charge on any atom is 2.00 e. The summed E-state index contributed by atoms with van der Waals surface area (Å²) in [5, 5.41) is 12.5. The zero-order chi connectivity index (χ0) is 30.2. The van der Waals surface area contributed by atoms with Crippen LogP contribution in [0.4, 0.5) is 0 Å². The van der Waals surface area contributed by atoms with Gasteiger partial charge < -0.3 is 19.6 Å². The van der Waals surface area contributed by atoms with E-state index in [0.717, 1.165) is 34.8 Å². The van der Waals surface area contributed by atoms with E-state index in [0.29, 0.717) is 68.3 Å². The summed E-state index contributed by atoms with van der Waals surface area (Å²) in [7, 11) is 3.22. The number of hydrogen-bond donors (Lipinski definition) is 0. The van der Waals surface area contributed by atoms with E-state index in [1.807, 2.05) is 72.8 Å². The molecule has 4 aliphatic heterocycles. The summed E-state index contributed by atoms with van der Waals surface area (Å²) in [5.41, 5.74) is 8.18. The van der Waals surface area contributed by atoms with Gasteiger partial charge in [0.25, 0.3) is 0 Å². The van der Waals surface area contributed by atoms with Crippen LogP contribution in [0.1, 0.15) is 22.5 Å². The van der Waals surface area contributed by atoms with Crippen LogP contribution in [0.2, 0.25) is 0 Å². The minimum absolute atomic E-state index is 0. The number of hydrogen-bond acceptors (Lipinski definition) is 7. The van der Waals surface area contributed by atoms with Crippen molar-refractivity contribution >= 4 is 40.1 Å². The molecule has 2 aromatic carbocycles. The number of ether oxygens (including phenoxy) is 2. The third kappa shape index (κ3) is 5.28. The number of allylic oxidation sites excluding steroid dienone is 9. The van der Waals surface area contributed by atoms with Crippen LogP contribution < -0.4 is 19.6 Å². The largest absolute Gasteiger partial charge is 2.00 e. The van der Waals surface area contributed by atoms with Crippen molar-refractivity contribution in [1.82, 2.24) is 4.98 Å². The second kappa shape index (κ2) is 12.2. The summed E-state index contributed by atoms with van der Waals surface area (Å²) in [5.74, 6) is 1.34. The van der Waals surface area contributed by atoms with Gasteiger partial charge in [-0.05, 0) is 83.0 Å². The number of nitrogens with zero attached hydrogens (tertiary/aromatic N) is 4. The van der Waals surface area contributed by atoms with Gasteiger partial charge in [0.15, 0.2) is 6.29 Å². The first-order chi connectivity index (χ1) is 21.6. The molecule has 8 nitrogen and oxygen atoms in total. The first kappa shape index (κ1) is 29.5. The maximum absolute atomic E-state index is 12.5. The average Bonchev–Trinajstić information content (AvgIpc) is 3.89. The van der Waals surface area contributed by atoms with Gasteiger partial charge in [0.05, 0.1) is 54.0 Å². The Balaban J connectivity index is 0.00000357. The molecule has 5 heterocycles. The monoisotopic (exact) mass is 634 g/mol. The van der Waals surface area contributed by atoms with Gasteiger partial charge in [-0.25, -0.2) is 15.0 Å². The molecule has 45 heavy (non-hydrogen) atoms. The van der Waals surface area contributed by atoms with Gasteiger partial charge in [-0.15, -0.1) is 17.6 Å². The van der Waals surface area contributed by atoms with Crippen LogP contribution >= 0.6 is 0 Å². The zero-order valence-corrected chi connectivity index (χ0v) is 25.1. The Hall–Kier alpha value is -5.53. The van der Waals surface area contributed by atoms with Crippen molar-refractivity contribution in [3.05, 3.63) is 149 Å². The fraction of sp³-hybridized carbons (Fsp3) is 0.0556. The third-order valence-electron chi connectivity index (χ3n) is 7.64. The molecule has 0 aliphatic carbocycles. The molecule has 0 radical (unpaired) electrons. The number of aldehydes is 1. The second-order valence-electron chi connectivity index (χ2n) is 10.1. The summed E-state index contributed by atoms with van der Waals surface area (Å²) in [4.78, 5) is 32.1. The topological polar surface area (TPSA) is 110 Å². The van der Waals surface area contributed by atoms with E-state index in [2.05, 4.69) is 0 Å². The number of methoxy groups -OCH3 is 2. The summed E-state index contributed by atoms with van der Waals surface area (Å²) < 4.78 is 11.0. The van der Waals surface area contributed by atoms with Gasteiger partial charge in [-0.1, -0.05) is 36.4 Å². The second-order valence-corrected chi connectivity index (χ2v) is 10.1. The molecule has 1 aromatic heterocycles.